The first-order chi connectivity index (χ1) is 11.6. The zero-order valence-electron chi connectivity index (χ0n) is 13.9. The van der Waals surface area contributed by atoms with Crippen LogP contribution in [0.2, 0.25) is 0 Å². The van der Waals surface area contributed by atoms with Gasteiger partial charge >= 0.3 is 0 Å². The van der Waals surface area contributed by atoms with Crippen LogP contribution in [-0.4, -0.2) is 72.4 Å². The van der Waals surface area contributed by atoms with Crippen molar-refractivity contribution in [3.8, 4) is 0 Å². The molecule has 2 heterocycles. The fraction of sp³-hybridized carbons (Fsp3) is 0.611. The van der Waals surface area contributed by atoms with Crippen molar-refractivity contribution in [3.63, 3.8) is 0 Å². The average Bonchev–Trinajstić information content (AvgIpc) is 2.97. The SMILES string of the molecule is O=C(CCc1ccccc1F)N1CC[C@@](O)(CN2CCOCC2)C1. The summed E-state index contributed by atoms with van der Waals surface area (Å²) >= 11 is 0. The molecule has 0 bridgehead atoms. The predicted molar refractivity (Wildman–Crippen MR) is 88.1 cm³/mol. The third-order valence-electron chi connectivity index (χ3n) is 4.87. The molecular formula is C18H25FN2O3. The molecular weight excluding hydrogens is 311 g/mol. The van der Waals surface area contributed by atoms with Gasteiger partial charge in [-0.25, -0.2) is 4.39 Å². The third-order valence-corrected chi connectivity index (χ3v) is 4.87. The molecule has 1 aromatic rings. The largest absolute Gasteiger partial charge is 0.387 e. The highest BCUT2D eigenvalue weighted by atomic mass is 19.1. The molecule has 0 saturated carbocycles. The van der Waals surface area contributed by atoms with Gasteiger partial charge in [-0.2, -0.15) is 0 Å². The smallest absolute Gasteiger partial charge is 0.223 e. The predicted octanol–water partition coefficient (Wildman–Crippen LogP) is 1.05. The van der Waals surface area contributed by atoms with Gasteiger partial charge in [0.1, 0.15) is 5.82 Å². The molecule has 1 N–H and O–H groups in total. The van der Waals surface area contributed by atoms with Gasteiger partial charge in [0.15, 0.2) is 0 Å². The van der Waals surface area contributed by atoms with Crippen molar-refractivity contribution in [1.82, 2.24) is 9.80 Å². The Balaban J connectivity index is 1.49. The number of carbonyl (C=O) groups excluding carboxylic acids is 1. The molecule has 0 aliphatic carbocycles. The van der Waals surface area contributed by atoms with E-state index in [9.17, 15) is 14.3 Å². The van der Waals surface area contributed by atoms with E-state index in [0.717, 1.165) is 13.1 Å². The number of likely N-dealkylation sites (tertiary alicyclic amines) is 1. The molecule has 3 rings (SSSR count). The van der Waals surface area contributed by atoms with Crippen LogP contribution in [0.5, 0.6) is 0 Å². The van der Waals surface area contributed by atoms with Crippen LogP contribution in [0.25, 0.3) is 0 Å². The quantitative estimate of drug-likeness (QED) is 0.873. The van der Waals surface area contributed by atoms with Crippen molar-refractivity contribution in [2.75, 3.05) is 45.9 Å². The summed E-state index contributed by atoms with van der Waals surface area (Å²) in [7, 11) is 0. The summed E-state index contributed by atoms with van der Waals surface area (Å²) in [5.41, 5.74) is -0.279. The molecule has 0 radical (unpaired) electrons. The van der Waals surface area contributed by atoms with Crippen LogP contribution in [0.4, 0.5) is 4.39 Å². The Labute approximate surface area is 142 Å². The second-order valence-corrected chi connectivity index (χ2v) is 6.77. The van der Waals surface area contributed by atoms with Crippen LogP contribution >= 0.6 is 0 Å². The molecule has 132 valence electrons. The number of amides is 1. The lowest BCUT2D eigenvalue weighted by molar-refractivity contribution is -0.131. The molecule has 2 aliphatic heterocycles. The maximum Gasteiger partial charge on any atom is 0.223 e. The Morgan fingerprint density at radius 2 is 2.00 bits per heavy atom. The van der Waals surface area contributed by atoms with Crippen LogP contribution in [0.15, 0.2) is 24.3 Å². The molecule has 24 heavy (non-hydrogen) atoms. The monoisotopic (exact) mass is 336 g/mol. The first kappa shape index (κ1) is 17.3. The number of aryl methyl sites for hydroxylation is 1. The average molecular weight is 336 g/mol. The topological polar surface area (TPSA) is 53.0 Å². The molecule has 0 unspecified atom stereocenters. The molecule has 2 fully saturated rings. The van der Waals surface area contributed by atoms with Gasteiger partial charge in [-0.05, 0) is 24.5 Å². The van der Waals surface area contributed by atoms with E-state index in [1.54, 1.807) is 23.1 Å². The lowest BCUT2D eigenvalue weighted by Crippen LogP contribution is -2.49. The van der Waals surface area contributed by atoms with E-state index in [-0.39, 0.29) is 18.1 Å². The summed E-state index contributed by atoms with van der Waals surface area (Å²) in [5, 5.41) is 10.8. The number of halogens is 1. The standard InChI is InChI=1S/C18H25FN2O3/c19-16-4-2-1-3-15(16)5-6-17(22)21-8-7-18(23,14-21)13-20-9-11-24-12-10-20/h1-4,23H,5-14H2/t18-/m1/s1. The number of hydrogen-bond donors (Lipinski definition) is 1. The Morgan fingerprint density at radius 1 is 1.25 bits per heavy atom. The third kappa shape index (κ3) is 4.32. The zero-order chi connectivity index (χ0) is 17.0. The second kappa shape index (κ2) is 7.59. The number of benzene rings is 1. The molecule has 2 aliphatic rings. The van der Waals surface area contributed by atoms with E-state index in [0.29, 0.717) is 51.3 Å². The molecule has 5 nitrogen and oxygen atoms in total. The van der Waals surface area contributed by atoms with E-state index in [4.69, 9.17) is 4.74 Å². The summed E-state index contributed by atoms with van der Waals surface area (Å²) in [6, 6.07) is 6.55. The summed E-state index contributed by atoms with van der Waals surface area (Å²) < 4.78 is 18.9. The summed E-state index contributed by atoms with van der Waals surface area (Å²) in [5.74, 6) is -0.285. The van der Waals surface area contributed by atoms with Crippen molar-refractivity contribution in [1.29, 1.82) is 0 Å². The number of rotatable bonds is 5. The van der Waals surface area contributed by atoms with Crippen LogP contribution in [-0.2, 0) is 16.0 Å². The molecule has 1 amide bonds. The Bertz CT molecular complexity index is 577. The minimum absolute atomic E-state index is 0.0174. The second-order valence-electron chi connectivity index (χ2n) is 6.77. The molecule has 2 saturated heterocycles. The normalized spacial score (nSPS) is 25.2. The van der Waals surface area contributed by atoms with Crippen LogP contribution in [0, 0.1) is 5.82 Å². The van der Waals surface area contributed by atoms with Crippen molar-refractivity contribution in [3.05, 3.63) is 35.6 Å². The first-order valence-corrected chi connectivity index (χ1v) is 8.59. The van der Waals surface area contributed by atoms with Gasteiger partial charge < -0.3 is 14.7 Å². The number of aliphatic hydroxyl groups is 1. The summed E-state index contributed by atoms with van der Waals surface area (Å²) in [4.78, 5) is 16.3. The number of nitrogens with zero attached hydrogens (tertiary/aromatic N) is 2. The van der Waals surface area contributed by atoms with Crippen molar-refractivity contribution in [2.45, 2.75) is 24.9 Å². The molecule has 0 aromatic heterocycles. The number of carbonyl (C=O) groups is 1. The Hall–Kier alpha value is -1.50. The maximum atomic E-state index is 13.6. The molecule has 0 spiro atoms. The lowest BCUT2D eigenvalue weighted by atomic mass is 10.0. The molecule has 1 aromatic carbocycles. The number of morpholine rings is 1. The maximum absolute atomic E-state index is 13.6. The zero-order valence-corrected chi connectivity index (χ0v) is 13.9. The minimum atomic E-state index is -0.842. The van der Waals surface area contributed by atoms with E-state index in [2.05, 4.69) is 4.90 Å². The first-order valence-electron chi connectivity index (χ1n) is 8.59. The van der Waals surface area contributed by atoms with Gasteiger partial charge in [0, 0.05) is 32.6 Å². The van der Waals surface area contributed by atoms with E-state index in [1.807, 2.05) is 0 Å². The van der Waals surface area contributed by atoms with Gasteiger partial charge in [-0.3, -0.25) is 9.69 Å². The number of hydrogen-bond acceptors (Lipinski definition) is 4. The summed E-state index contributed by atoms with van der Waals surface area (Å²) in [6.07, 6.45) is 1.26. The van der Waals surface area contributed by atoms with E-state index in [1.165, 1.54) is 6.07 Å². The number of ether oxygens (including phenoxy) is 1. The lowest BCUT2D eigenvalue weighted by Gasteiger charge is -2.33. The van der Waals surface area contributed by atoms with Crippen LogP contribution in [0.1, 0.15) is 18.4 Å². The summed E-state index contributed by atoms with van der Waals surface area (Å²) in [6.45, 7) is 4.54. The number of β-amino-alcohol motifs (C(OH)–C–C–N with tert-alkyl or cyclic N) is 1. The van der Waals surface area contributed by atoms with Gasteiger partial charge in [-0.1, -0.05) is 18.2 Å². The van der Waals surface area contributed by atoms with Crippen molar-refractivity contribution >= 4 is 5.91 Å². The molecule has 1 atom stereocenters. The fourth-order valence-electron chi connectivity index (χ4n) is 3.47. The van der Waals surface area contributed by atoms with E-state index >= 15 is 0 Å². The van der Waals surface area contributed by atoms with Gasteiger partial charge in [0.2, 0.25) is 5.91 Å². The Morgan fingerprint density at radius 3 is 2.75 bits per heavy atom. The van der Waals surface area contributed by atoms with Gasteiger partial charge in [0.05, 0.1) is 25.4 Å². The molecule has 6 heteroatoms. The fourth-order valence-corrected chi connectivity index (χ4v) is 3.47. The highest BCUT2D eigenvalue weighted by molar-refractivity contribution is 5.77. The van der Waals surface area contributed by atoms with Crippen molar-refractivity contribution in [2.24, 2.45) is 0 Å². The van der Waals surface area contributed by atoms with Crippen LogP contribution in [0.3, 0.4) is 0 Å². The van der Waals surface area contributed by atoms with Gasteiger partial charge in [0.25, 0.3) is 0 Å². The Kier molecular flexibility index (Phi) is 5.48. The minimum Gasteiger partial charge on any atom is -0.387 e. The highest BCUT2D eigenvalue weighted by Crippen LogP contribution is 2.24. The van der Waals surface area contributed by atoms with Crippen LogP contribution < -0.4 is 0 Å². The van der Waals surface area contributed by atoms with Gasteiger partial charge in [-0.15, -0.1) is 0 Å². The highest BCUT2D eigenvalue weighted by Gasteiger charge is 2.39. The van der Waals surface area contributed by atoms with Crippen molar-refractivity contribution < 1.29 is 19.0 Å². The van der Waals surface area contributed by atoms with E-state index < -0.39 is 5.60 Å².